The van der Waals surface area contributed by atoms with E-state index in [0.717, 1.165) is 0 Å². The molecule has 1 saturated heterocycles. The smallest absolute Gasteiger partial charge is 0.0679 e. The zero-order chi connectivity index (χ0) is 7.02. The van der Waals surface area contributed by atoms with Crippen LogP contribution in [0, 0.1) is 5.92 Å². The largest absolute Gasteiger partial charge is 0.374 e. The quantitative estimate of drug-likeness (QED) is 0.536. The lowest BCUT2D eigenvalue weighted by Crippen LogP contribution is -2.15. The lowest BCUT2D eigenvalue weighted by atomic mass is 10.0. The van der Waals surface area contributed by atoms with Crippen molar-refractivity contribution in [2.45, 2.75) is 37.8 Å². The van der Waals surface area contributed by atoms with Crippen LogP contribution in [0.25, 0.3) is 0 Å². The molecule has 0 aliphatic carbocycles. The van der Waals surface area contributed by atoms with Gasteiger partial charge in [-0.25, -0.2) is 0 Å². The van der Waals surface area contributed by atoms with Gasteiger partial charge in [0.2, 0.25) is 0 Å². The van der Waals surface area contributed by atoms with E-state index in [9.17, 15) is 0 Å². The first-order chi connectivity index (χ1) is 4.13. The third kappa shape index (κ3) is 1.30. The number of rotatable bonds is 0. The Morgan fingerprint density at radius 2 is 1.67 bits per heavy atom. The van der Waals surface area contributed by atoms with E-state index < -0.39 is 0 Å². The van der Waals surface area contributed by atoms with E-state index in [1.807, 2.05) is 0 Å². The summed E-state index contributed by atoms with van der Waals surface area (Å²) in [6.45, 7) is 6.45. The van der Waals surface area contributed by atoms with Crippen molar-refractivity contribution in [1.82, 2.24) is 0 Å². The number of ether oxygens (including phenoxy) is 1. The molecule has 0 aromatic rings. The molecule has 54 valence electrons. The third-order valence-electron chi connectivity index (χ3n) is 2.12. The monoisotopic (exact) mass is 192 g/mol. The van der Waals surface area contributed by atoms with E-state index in [-0.39, 0.29) is 0 Å². The van der Waals surface area contributed by atoms with Crippen molar-refractivity contribution < 1.29 is 4.74 Å². The second kappa shape index (κ2) is 2.59. The van der Waals surface area contributed by atoms with Crippen molar-refractivity contribution in [3.05, 3.63) is 0 Å². The Kier molecular flexibility index (Phi) is 2.17. The number of alkyl halides is 1. The van der Waals surface area contributed by atoms with Gasteiger partial charge in [-0.2, -0.15) is 0 Å². The molecule has 1 nitrogen and oxygen atoms in total. The molecule has 0 saturated carbocycles. The van der Waals surface area contributed by atoms with Gasteiger partial charge in [-0.3, -0.25) is 0 Å². The summed E-state index contributed by atoms with van der Waals surface area (Å²) in [5.74, 6) is 0.653. The fraction of sp³-hybridized carbons (Fsp3) is 1.00. The molecule has 1 aliphatic heterocycles. The van der Waals surface area contributed by atoms with Crippen LogP contribution in [0.15, 0.2) is 0 Å². The lowest BCUT2D eigenvalue weighted by Gasteiger charge is -2.08. The minimum Gasteiger partial charge on any atom is -0.374 e. The van der Waals surface area contributed by atoms with Gasteiger partial charge in [-0.15, -0.1) is 0 Å². The van der Waals surface area contributed by atoms with Gasteiger partial charge in [0.05, 0.1) is 12.2 Å². The molecule has 1 heterocycles. The maximum atomic E-state index is 5.54. The SMILES string of the molecule is C[C@@H]1[C@@H](Br)[C@@H](C)O[C@H]1C. The summed E-state index contributed by atoms with van der Waals surface area (Å²) >= 11 is 3.58. The molecule has 4 atom stereocenters. The molecule has 0 radical (unpaired) electrons. The maximum absolute atomic E-state index is 5.54. The highest BCUT2D eigenvalue weighted by Crippen LogP contribution is 2.31. The number of hydrogen-bond donors (Lipinski definition) is 0. The van der Waals surface area contributed by atoms with Gasteiger partial charge in [0, 0.05) is 4.83 Å². The molecule has 0 aromatic heterocycles. The van der Waals surface area contributed by atoms with Gasteiger partial charge in [0.15, 0.2) is 0 Å². The molecular formula is C7H13BrO. The third-order valence-corrected chi connectivity index (χ3v) is 3.70. The molecule has 0 amide bonds. The van der Waals surface area contributed by atoms with Gasteiger partial charge >= 0.3 is 0 Å². The second-order valence-electron chi connectivity index (χ2n) is 2.85. The van der Waals surface area contributed by atoms with Crippen LogP contribution < -0.4 is 0 Å². The summed E-state index contributed by atoms with van der Waals surface area (Å²) in [7, 11) is 0. The molecule has 0 unspecified atom stereocenters. The zero-order valence-corrected chi connectivity index (χ0v) is 7.68. The Hall–Kier alpha value is 0.440. The van der Waals surface area contributed by atoms with Gasteiger partial charge in [-0.05, 0) is 19.8 Å². The van der Waals surface area contributed by atoms with Crippen LogP contribution in [0.1, 0.15) is 20.8 Å². The van der Waals surface area contributed by atoms with Crippen LogP contribution in [0.2, 0.25) is 0 Å². The topological polar surface area (TPSA) is 9.23 Å². The molecule has 1 rings (SSSR count). The average Bonchev–Trinajstić information content (AvgIpc) is 1.98. The predicted octanol–water partition coefficient (Wildman–Crippen LogP) is 2.19. The number of hydrogen-bond acceptors (Lipinski definition) is 1. The first kappa shape index (κ1) is 7.55. The summed E-state index contributed by atoms with van der Waals surface area (Å²) in [6.07, 6.45) is 0.805. The molecule has 0 N–H and O–H groups in total. The van der Waals surface area contributed by atoms with E-state index in [0.29, 0.717) is 23.0 Å². The van der Waals surface area contributed by atoms with Crippen LogP contribution >= 0.6 is 15.9 Å². The van der Waals surface area contributed by atoms with Crippen molar-refractivity contribution in [3.8, 4) is 0 Å². The molecule has 9 heavy (non-hydrogen) atoms. The highest BCUT2D eigenvalue weighted by atomic mass is 79.9. The second-order valence-corrected chi connectivity index (χ2v) is 3.91. The molecule has 0 spiro atoms. The Balaban J connectivity index is 2.54. The van der Waals surface area contributed by atoms with E-state index in [4.69, 9.17) is 4.74 Å². The van der Waals surface area contributed by atoms with Crippen LogP contribution in [0.3, 0.4) is 0 Å². The van der Waals surface area contributed by atoms with Gasteiger partial charge in [0.1, 0.15) is 0 Å². The van der Waals surface area contributed by atoms with Crippen molar-refractivity contribution >= 4 is 15.9 Å². The molecular weight excluding hydrogens is 180 g/mol. The molecule has 1 aliphatic rings. The zero-order valence-electron chi connectivity index (χ0n) is 6.10. The maximum Gasteiger partial charge on any atom is 0.0679 e. The Morgan fingerprint density at radius 1 is 1.11 bits per heavy atom. The number of halogens is 1. The van der Waals surface area contributed by atoms with Gasteiger partial charge in [-0.1, -0.05) is 22.9 Å². The Labute approximate surface area is 64.9 Å². The molecule has 1 fully saturated rings. The molecule has 0 aromatic carbocycles. The molecule has 2 heteroatoms. The minimum absolute atomic E-state index is 0.384. The minimum atomic E-state index is 0.384. The standard InChI is InChI=1S/C7H13BrO/c1-4-5(2)9-6(3)7(4)8/h4-7H,1-3H3/t4-,5-,6+,7+/m0/s1. The van der Waals surface area contributed by atoms with Crippen LogP contribution in [0.5, 0.6) is 0 Å². The van der Waals surface area contributed by atoms with Crippen LogP contribution in [-0.4, -0.2) is 17.0 Å². The van der Waals surface area contributed by atoms with E-state index in [1.165, 1.54) is 0 Å². The summed E-state index contributed by atoms with van der Waals surface area (Å²) in [5.41, 5.74) is 0. The summed E-state index contributed by atoms with van der Waals surface area (Å²) in [4.78, 5) is 0.549. The Morgan fingerprint density at radius 3 is 1.78 bits per heavy atom. The van der Waals surface area contributed by atoms with E-state index in [1.54, 1.807) is 0 Å². The van der Waals surface area contributed by atoms with Gasteiger partial charge in [0.25, 0.3) is 0 Å². The average molecular weight is 193 g/mol. The summed E-state index contributed by atoms with van der Waals surface area (Å²) < 4.78 is 5.54. The van der Waals surface area contributed by atoms with Crippen molar-refractivity contribution in [2.75, 3.05) is 0 Å². The summed E-state index contributed by atoms with van der Waals surface area (Å²) in [5, 5.41) is 0. The highest BCUT2D eigenvalue weighted by Gasteiger charge is 2.34. The fourth-order valence-corrected chi connectivity index (χ4v) is 1.78. The normalized spacial score (nSPS) is 52.0. The fourth-order valence-electron chi connectivity index (χ4n) is 1.22. The van der Waals surface area contributed by atoms with Gasteiger partial charge < -0.3 is 4.74 Å². The lowest BCUT2D eigenvalue weighted by molar-refractivity contribution is 0.0588. The van der Waals surface area contributed by atoms with Crippen molar-refractivity contribution in [2.24, 2.45) is 5.92 Å². The first-order valence-electron chi connectivity index (χ1n) is 3.42. The first-order valence-corrected chi connectivity index (χ1v) is 4.34. The highest BCUT2D eigenvalue weighted by molar-refractivity contribution is 9.09. The predicted molar refractivity (Wildman–Crippen MR) is 41.9 cm³/mol. The van der Waals surface area contributed by atoms with Crippen LogP contribution in [-0.2, 0) is 4.74 Å². The Bertz CT molecular complexity index is 93.1. The van der Waals surface area contributed by atoms with Crippen LogP contribution in [0.4, 0.5) is 0 Å². The van der Waals surface area contributed by atoms with Crippen molar-refractivity contribution in [1.29, 1.82) is 0 Å². The van der Waals surface area contributed by atoms with E-state index in [2.05, 4.69) is 36.7 Å². The summed E-state index contributed by atoms with van der Waals surface area (Å²) in [6, 6.07) is 0. The molecule has 0 bridgehead atoms. The van der Waals surface area contributed by atoms with E-state index >= 15 is 0 Å². The van der Waals surface area contributed by atoms with Crippen molar-refractivity contribution in [3.63, 3.8) is 0 Å².